The smallest absolute Gasteiger partial charge is 0.387 e. The molecule has 1 saturated carbocycles. The second-order valence-electron chi connectivity index (χ2n) is 12.0. The van der Waals surface area contributed by atoms with Gasteiger partial charge in [0, 0.05) is 44.2 Å². The Hall–Kier alpha value is -3.52. The molecule has 1 aliphatic carbocycles. The number of benzene rings is 2. The molecule has 1 aromatic heterocycles. The number of rotatable bonds is 14. The number of nitrogens with zero attached hydrogens (tertiary/aromatic N) is 2. The standard InChI is InChI=1S/C33H35Cl2F2N3O7S/c1-39(2)32(42)22-5-3-7-24(13-22)48(43,44)40-12-4-6-23(40)15-31(41)46-29(16-25-26(34)17-38-18-27(25)35)21-10-11-28(47-33(36)37)30(14-21)45-19-20-8-9-20/h3,5,7,10-11,13-14,17-18,20,23,29,33H,4,6,8-9,12,15-16,19H2,1-2H3/p+1/t23-,29-/m0/s1. The highest BCUT2D eigenvalue weighted by Crippen LogP contribution is 2.38. The van der Waals surface area contributed by atoms with E-state index in [9.17, 15) is 26.8 Å². The number of sulfonamides is 1. The summed E-state index contributed by atoms with van der Waals surface area (Å²) in [4.78, 5) is 30.2. The van der Waals surface area contributed by atoms with Crippen molar-refractivity contribution in [1.82, 2.24) is 9.21 Å². The van der Waals surface area contributed by atoms with Crippen molar-refractivity contribution in [3.8, 4) is 11.5 Å². The number of carbonyl (C=O) groups excluding carboxylic acids is 2. The van der Waals surface area contributed by atoms with Crippen LogP contribution in [0.4, 0.5) is 8.78 Å². The molecule has 258 valence electrons. The summed E-state index contributed by atoms with van der Waals surface area (Å²) in [7, 11) is -0.912. The van der Waals surface area contributed by atoms with Crippen molar-refractivity contribution in [1.29, 1.82) is 0 Å². The van der Waals surface area contributed by atoms with E-state index in [-0.39, 0.29) is 57.3 Å². The third kappa shape index (κ3) is 8.73. The van der Waals surface area contributed by atoms with Crippen molar-refractivity contribution < 1.29 is 46.0 Å². The predicted molar refractivity (Wildman–Crippen MR) is 173 cm³/mol. The van der Waals surface area contributed by atoms with Gasteiger partial charge < -0.3 is 19.1 Å². The molecule has 1 saturated heterocycles. The highest BCUT2D eigenvalue weighted by Gasteiger charge is 2.38. The molecule has 10 nitrogen and oxygen atoms in total. The van der Waals surface area contributed by atoms with Crippen LogP contribution in [-0.2, 0) is 26.0 Å². The number of nitrogens with one attached hydrogen (secondary N) is 1. The number of H-pyrrole nitrogens is 1. The molecule has 2 fully saturated rings. The number of aromatic amines is 1. The molecule has 2 atom stereocenters. The largest absolute Gasteiger partial charge is 0.489 e. The van der Waals surface area contributed by atoms with Gasteiger partial charge in [-0.15, -0.1) is 0 Å². The Balaban J connectivity index is 1.39. The van der Waals surface area contributed by atoms with Crippen molar-refractivity contribution in [2.75, 3.05) is 27.2 Å². The van der Waals surface area contributed by atoms with Crippen molar-refractivity contribution in [2.24, 2.45) is 5.92 Å². The topological polar surface area (TPSA) is 117 Å². The van der Waals surface area contributed by atoms with E-state index in [1.807, 2.05) is 0 Å². The third-order valence-corrected chi connectivity index (χ3v) is 10.8. The van der Waals surface area contributed by atoms with Crippen LogP contribution in [0.15, 0.2) is 59.8 Å². The molecule has 0 bridgehead atoms. The predicted octanol–water partition coefficient (Wildman–Crippen LogP) is 5.97. The van der Waals surface area contributed by atoms with Crippen LogP contribution in [0.25, 0.3) is 0 Å². The van der Waals surface area contributed by atoms with E-state index in [4.69, 9.17) is 32.7 Å². The molecule has 15 heteroatoms. The van der Waals surface area contributed by atoms with Gasteiger partial charge in [0.1, 0.15) is 16.1 Å². The Kier molecular flexibility index (Phi) is 11.4. The van der Waals surface area contributed by atoms with Crippen LogP contribution >= 0.6 is 23.2 Å². The average Bonchev–Trinajstić information content (AvgIpc) is 3.76. The maximum atomic E-state index is 13.7. The minimum absolute atomic E-state index is 0.0224. The van der Waals surface area contributed by atoms with Crippen LogP contribution in [0.5, 0.6) is 11.5 Å². The zero-order chi connectivity index (χ0) is 34.6. The Morgan fingerprint density at radius 1 is 1.04 bits per heavy atom. The third-order valence-electron chi connectivity index (χ3n) is 8.21. The van der Waals surface area contributed by atoms with Crippen molar-refractivity contribution in [2.45, 2.75) is 62.2 Å². The van der Waals surface area contributed by atoms with E-state index >= 15 is 0 Å². The number of alkyl halides is 2. The first-order valence-corrected chi connectivity index (χ1v) is 17.6. The molecule has 1 N–H and O–H groups in total. The van der Waals surface area contributed by atoms with E-state index < -0.39 is 34.7 Å². The molecule has 0 unspecified atom stereocenters. The number of esters is 1. The van der Waals surface area contributed by atoms with Gasteiger partial charge in [-0.2, -0.15) is 13.1 Å². The Bertz CT molecular complexity index is 1740. The Morgan fingerprint density at radius 3 is 2.44 bits per heavy atom. The summed E-state index contributed by atoms with van der Waals surface area (Å²) in [6.07, 6.45) is 4.69. The zero-order valence-corrected chi connectivity index (χ0v) is 28.7. The normalized spacial score (nSPS) is 17.3. The summed E-state index contributed by atoms with van der Waals surface area (Å²) < 4.78 is 71.6. The number of halogens is 4. The van der Waals surface area contributed by atoms with Crippen LogP contribution in [0.2, 0.25) is 10.0 Å². The van der Waals surface area contributed by atoms with Gasteiger partial charge in [0.05, 0.1) is 17.9 Å². The molecule has 2 heterocycles. The maximum absolute atomic E-state index is 13.7. The highest BCUT2D eigenvalue weighted by molar-refractivity contribution is 7.89. The summed E-state index contributed by atoms with van der Waals surface area (Å²) in [6.45, 7) is -2.57. The first kappa shape index (κ1) is 35.8. The number of ether oxygens (including phenoxy) is 3. The summed E-state index contributed by atoms with van der Waals surface area (Å²) in [5, 5.41) is 0.573. The van der Waals surface area contributed by atoms with Gasteiger partial charge in [-0.25, -0.2) is 13.4 Å². The molecule has 1 aliphatic heterocycles. The van der Waals surface area contributed by atoms with Crippen LogP contribution in [-0.4, -0.2) is 69.4 Å². The number of pyridine rings is 1. The molecule has 3 aromatic rings. The summed E-state index contributed by atoms with van der Waals surface area (Å²) in [6, 6.07) is 9.40. The number of hydrogen-bond acceptors (Lipinski definition) is 7. The number of carbonyl (C=O) groups is 2. The lowest BCUT2D eigenvalue weighted by atomic mass is 10.0. The minimum Gasteiger partial charge on any atom is -0.489 e. The lowest BCUT2D eigenvalue weighted by Gasteiger charge is -2.25. The summed E-state index contributed by atoms with van der Waals surface area (Å²) >= 11 is 12.9. The fourth-order valence-electron chi connectivity index (χ4n) is 5.52. The molecular weight excluding hydrogens is 691 g/mol. The molecule has 48 heavy (non-hydrogen) atoms. The van der Waals surface area contributed by atoms with Gasteiger partial charge in [0.25, 0.3) is 5.91 Å². The van der Waals surface area contributed by atoms with Gasteiger partial charge >= 0.3 is 12.6 Å². The zero-order valence-electron chi connectivity index (χ0n) is 26.3. The van der Waals surface area contributed by atoms with Gasteiger partial charge in [0.2, 0.25) is 10.0 Å². The number of hydrogen-bond donors (Lipinski definition) is 0. The van der Waals surface area contributed by atoms with E-state index in [1.165, 1.54) is 64.1 Å². The van der Waals surface area contributed by atoms with Crippen LogP contribution in [0.3, 0.4) is 0 Å². The average molecular weight is 728 g/mol. The quantitative estimate of drug-likeness (QED) is 0.188. The summed E-state index contributed by atoms with van der Waals surface area (Å²) in [5.74, 6) is -0.797. The lowest BCUT2D eigenvalue weighted by molar-refractivity contribution is -0.377. The van der Waals surface area contributed by atoms with Crippen molar-refractivity contribution in [3.63, 3.8) is 0 Å². The first-order chi connectivity index (χ1) is 22.8. The second kappa shape index (κ2) is 15.4. The molecule has 0 spiro atoms. The van der Waals surface area contributed by atoms with Crippen molar-refractivity contribution in [3.05, 3.63) is 81.6 Å². The van der Waals surface area contributed by atoms with Gasteiger partial charge in [-0.3, -0.25) is 9.59 Å². The fourth-order valence-corrected chi connectivity index (χ4v) is 7.79. The molecule has 2 aliphatic rings. The van der Waals surface area contributed by atoms with Crippen LogP contribution in [0.1, 0.15) is 59.7 Å². The lowest BCUT2D eigenvalue weighted by Crippen LogP contribution is -2.37. The summed E-state index contributed by atoms with van der Waals surface area (Å²) in [5.41, 5.74) is 1.11. The minimum atomic E-state index is -4.06. The van der Waals surface area contributed by atoms with E-state index in [0.717, 1.165) is 12.8 Å². The molecule has 1 amide bonds. The molecule has 0 radical (unpaired) electrons. The van der Waals surface area contributed by atoms with E-state index in [0.29, 0.717) is 36.5 Å². The second-order valence-corrected chi connectivity index (χ2v) is 14.7. The van der Waals surface area contributed by atoms with Gasteiger partial charge in [-0.05, 0) is 67.5 Å². The highest BCUT2D eigenvalue weighted by atomic mass is 35.5. The van der Waals surface area contributed by atoms with Crippen LogP contribution in [0, 0.1) is 5.92 Å². The Labute approximate surface area is 287 Å². The molecule has 5 rings (SSSR count). The number of aromatic nitrogens is 1. The number of amides is 1. The van der Waals surface area contributed by atoms with Gasteiger partial charge in [-0.1, -0.05) is 35.3 Å². The van der Waals surface area contributed by atoms with Crippen molar-refractivity contribution >= 4 is 45.1 Å². The fraction of sp³-hybridized carbons (Fsp3) is 0.424. The SMILES string of the molecule is CN(C)C(=O)c1cccc(S(=O)(=O)N2CCC[C@H]2CC(=O)O[C@@H](Cc2c(Cl)c[nH+]cc2Cl)c2ccc(OC(F)F)c(OCC3CC3)c2)c1. The van der Waals surface area contributed by atoms with Crippen LogP contribution < -0.4 is 14.5 Å². The Morgan fingerprint density at radius 2 is 1.77 bits per heavy atom. The van der Waals surface area contributed by atoms with E-state index in [2.05, 4.69) is 9.72 Å². The van der Waals surface area contributed by atoms with Gasteiger partial charge in [0.15, 0.2) is 23.9 Å². The molecule has 2 aromatic carbocycles. The first-order valence-electron chi connectivity index (χ1n) is 15.4. The molecular formula is C33H36Cl2F2N3O7S+. The van der Waals surface area contributed by atoms with E-state index in [1.54, 1.807) is 14.1 Å². The maximum Gasteiger partial charge on any atom is 0.387 e. The monoisotopic (exact) mass is 726 g/mol.